The van der Waals surface area contributed by atoms with Crippen LogP contribution in [0.1, 0.15) is 124 Å². The minimum Gasteiger partial charge on any atom is -0.512 e. The zero-order valence-electron chi connectivity index (χ0n) is 34.5. The van der Waals surface area contributed by atoms with E-state index in [0.29, 0.717) is 5.92 Å². The maximum atomic E-state index is 12.2. The van der Waals surface area contributed by atoms with Gasteiger partial charge in [0.25, 0.3) is 0 Å². The Hall–Kier alpha value is -3.53. The van der Waals surface area contributed by atoms with Crippen molar-refractivity contribution in [2.75, 3.05) is 0 Å². The van der Waals surface area contributed by atoms with Gasteiger partial charge in [-0.15, -0.1) is 29.1 Å². The summed E-state index contributed by atoms with van der Waals surface area (Å²) in [5.74, 6) is 0.915. The Kier molecular flexibility index (Phi) is 14.7. The number of nitrogens with zero attached hydrogens (tertiary/aromatic N) is 1. The van der Waals surface area contributed by atoms with Crippen molar-refractivity contribution < 1.29 is 34.4 Å². The van der Waals surface area contributed by atoms with Crippen LogP contribution in [-0.4, -0.2) is 15.9 Å². The molecule has 0 bridgehead atoms. The van der Waals surface area contributed by atoms with Crippen molar-refractivity contribution in [1.29, 1.82) is 0 Å². The third-order valence-electron chi connectivity index (χ3n) is 11.4. The summed E-state index contributed by atoms with van der Waals surface area (Å²) in [5.41, 5.74) is 10.6. The van der Waals surface area contributed by atoms with E-state index in [1.54, 1.807) is 6.26 Å². The normalized spacial score (nSPS) is 12.5. The van der Waals surface area contributed by atoms with Crippen molar-refractivity contribution in [3.8, 4) is 22.4 Å². The van der Waals surface area contributed by atoms with Crippen LogP contribution < -0.4 is 0 Å². The van der Waals surface area contributed by atoms with Crippen LogP contribution in [0, 0.1) is 36.7 Å². The largest absolute Gasteiger partial charge is 0.512 e. The van der Waals surface area contributed by atoms with Crippen molar-refractivity contribution in [2.24, 2.45) is 16.7 Å². The van der Waals surface area contributed by atoms with Gasteiger partial charge in [-0.2, -0.15) is 0 Å². The molecule has 1 N–H and O–H groups in total. The van der Waals surface area contributed by atoms with Gasteiger partial charge in [0.1, 0.15) is 11.3 Å². The standard InChI is InChI=1S/C33H34NO.C15H28O2.Ir/c1-20(2)14-23-15-21(3)31(22(4)16-23)27-19-30(34-29-12-13-35-32(27)29)25-17-24-10-8-9-11-26(24)28(18-25)33(5,6)7;1-7-14(5,8-2)12(16)11-13(17)15(6,9-3)10-4;/h8-13,15-16,18-20H,14H2,1-7H3;11,16H,7-10H2,1-6H3;/q-1;;/b;12-11-;. The number of pyridine rings is 1. The second-order valence-corrected chi connectivity index (χ2v) is 16.7. The predicted molar refractivity (Wildman–Crippen MR) is 221 cm³/mol. The molecule has 0 amide bonds. The molecular formula is C48H62IrNO3-. The fraction of sp³-hybridized carbons (Fsp3) is 0.458. The Morgan fingerprint density at radius 1 is 0.868 bits per heavy atom. The minimum atomic E-state index is -0.337. The average molecular weight is 893 g/mol. The average Bonchev–Trinajstić information content (AvgIpc) is 3.58. The first-order valence-electron chi connectivity index (χ1n) is 19.3. The molecule has 0 saturated heterocycles. The molecule has 4 nitrogen and oxygen atoms in total. The molecule has 5 heteroatoms. The second kappa shape index (κ2) is 17.7. The number of allylic oxidation sites excluding steroid dienone is 2. The van der Waals surface area contributed by atoms with Crippen molar-refractivity contribution in [1.82, 2.24) is 4.98 Å². The summed E-state index contributed by atoms with van der Waals surface area (Å²) >= 11 is 0. The van der Waals surface area contributed by atoms with E-state index in [1.807, 2.05) is 47.6 Å². The van der Waals surface area contributed by atoms with Crippen LogP contribution in [0.4, 0.5) is 0 Å². The first-order valence-corrected chi connectivity index (χ1v) is 19.3. The molecule has 0 spiro atoms. The van der Waals surface area contributed by atoms with Gasteiger partial charge < -0.3 is 9.52 Å². The van der Waals surface area contributed by atoms with Crippen LogP contribution in [0.25, 0.3) is 44.3 Å². The molecule has 2 aromatic heterocycles. The van der Waals surface area contributed by atoms with Gasteiger partial charge in [-0.3, -0.25) is 9.78 Å². The van der Waals surface area contributed by atoms with Gasteiger partial charge in [0, 0.05) is 54.3 Å². The number of hydrogen-bond acceptors (Lipinski definition) is 4. The number of fused-ring (bicyclic) bond motifs is 2. The first-order chi connectivity index (χ1) is 24.4. The molecule has 5 rings (SSSR count). The monoisotopic (exact) mass is 893 g/mol. The van der Waals surface area contributed by atoms with E-state index < -0.39 is 0 Å². The molecule has 2 heterocycles. The van der Waals surface area contributed by atoms with Gasteiger partial charge in [0.2, 0.25) is 0 Å². The quantitative estimate of drug-likeness (QED) is 0.0815. The number of aryl methyl sites for hydroxylation is 2. The van der Waals surface area contributed by atoms with E-state index in [-0.39, 0.29) is 47.9 Å². The topological polar surface area (TPSA) is 63.3 Å². The van der Waals surface area contributed by atoms with Crippen LogP contribution in [0.5, 0.6) is 0 Å². The van der Waals surface area contributed by atoms with E-state index >= 15 is 0 Å². The van der Waals surface area contributed by atoms with Gasteiger partial charge in [-0.25, -0.2) is 0 Å². The molecule has 0 aliphatic carbocycles. The molecule has 287 valence electrons. The minimum absolute atomic E-state index is 0. The summed E-state index contributed by atoms with van der Waals surface area (Å²) in [7, 11) is 0. The molecule has 0 aliphatic heterocycles. The number of aromatic nitrogens is 1. The number of carbonyl (C=O) groups is 1. The van der Waals surface area contributed by atoms with Crippen LogP contribution in [0.2, 0.25) is 0 Å². The third-order valence-corrected chi connectivity index (χ3v) is 11.4. The third kappa shape index (κ3) is 9.78. The van der Waals surface area contributed by atoms with Gasteiger partial charge in [0.15, 0.2) is 11.4 Å². The summed E-state index contributed by atoms with van der Waals surface area (Å²) in [6, 6.07) is 23.3. The molecule has 0 atom stereocenters. The Bertz CT molecular complexity index is 2030. The number of rotatable bonds is 11. The molecule has 0 saturated carbocycles. The number of aliphatic hydroxyl groups is 1. The molecule has 5 aromatic rings. The Labute approximate surface area is 333 Å². The van der Waals surface area contributed by atoms with Crippen LogP contribution in [-0.2, 0) is 36.7 Å². The number of benzene rings is 3. The first kappa shape index (κ1) is 43.9. The molecule has 1 radical (unpaired) electrons. The molecule has 0 aliphatic rings. The van der Waals surface area contributed by atoms with E-state index in [1.165, 1.54) is 39.3 Å². The maximum absolute atomic E-state index is 12.2. The Morgan fingerprint density at radius 2 is 1.45 bits per heavy atom. The van der Waals surface area contributed by atoms with Gasteiger partial charge in [-0.1, -0.05) is 124 Å². The fourth-order valence-corrected chi connectivity index (χ4v) is 7.02. The van der Waals surface area contributed by atoms with Crippen molar-refractivity contribution in [2.45, 2.75) is 128 Å². The molecule has 3 aromatic carbocycles. The SMILES string of the molecule is CCC(C)(CC)C(=O)/C=C(\O)C(C)(CC)CC.Cc1cc(CC(C)C)cc(C)c1-c1cc(-c2[c-]c3ccccc3c(C(C)(C)C)c2)nc2ccoc12.[Ir]. The molecule has 0 unspecified atom stereocenters. The van der Waals surface area contributed by atoms with Gasteiger partial charge >= 0.3 is 0 Å². The van der Waals surface area contributed by atoms with Crippen LogP contribution in [0.15, 0.2) is 77.1 Å². The predicted octanol–water partition coefficient (Wildman–Crippen LogP) is 13.9. The van der Waals surface area contributed by atoms with Crippen molar-refractivity contribution >= 4 is 27.7 Å². The zero-order valence-corrected chi connectivity index (χ0v) is 36.9. The molecular weight excluding hydrogens is 831 g/mol. The van der Waals surface area contributed by atoms with Crippen LogP contribution in [0.3, 0.4) is 0 Å². The number of aliphatic hydroxyl groups excluding tert-OH is 1. The maximum Gasteiger partial charge on any atom is 0.164 e. The smallest absolute Gasteiger partial charge is 0.164 e. The zero-order chi connectivity index (χ0) is 38.6. The van der Waals surface area contributed by atoms with Gasteiger partial charge in [-0.05, 0) is 79.5 Å². The summed E-state index contributed by atoms with van der Waals surface area (Å²) in [4.78, 5) is 17.2. The molecule has 53 heavy (non-hydrogen) atoms. The summed E-state index contributed by atoms with van der Waals surface area (Å²) in [6.07, 6.45) is 7.58. The summed E-state index contributed by atoms with van der Waals surface area (Å²) < 4.78 is 5.97. The van der Waals surface area contributed by atoms with E-state index in [2.05, 4.69) is 103 Å². The number of carbonyl (C=O) groups excluding carboxylic acids is 1. The fourth-order valence-electron chi connectivity index (χ4n) is 7.02. The Balaban J connectivity index is 0.000000359. The molecule has 0 fully saturated rings. The van der Waals surface area contributed by atoms with Crippen LogP contribution >= 0.6 is 0 Å². The summed E-state index contributed by atoms with van der Waals surface area (Å²) in [5, 5.41) is 12.5. The van der Waals surface area contributed by atoms with Crippen molar-refractivity contribution in [3.05, 3.63) is 101 Å². The van der Waals surface area contributed by atoms with E-state index in [0.717, 1.165) is 65.4 Å². The number of ketones is 1. The second-order valence-electron chi connectivity index (χ2n) is 16.7. The Morgan fingerprint density at radius 3 is 2.00 bits per heavy atom. The van der Waals surface area contributed by atoms with E-state index in [4.69, 9.17) is 9.40 Å². The number of hydrogen-bond donors (Lipinski definition) is 1. The number of furan rings is 1. The summed E-state index contributed by atoms with van der Waals surface area (Å²) in [6.45, 7) is 27.8. The van der Waals surface area contributed by atoms with E-state index in [9.17, 15) is 9.90 Å². The van der Waals surface area contributed by atoms with Gasteiger partial charge in [0.05, 0.1) is 6.26 Å². The van der Waals surface area contributed by atoms with Crippen molar-refractivity contribution in [3.63, 3.8) is 0 Å².